The molecule has 1 atom stereocenters. The van der Waals surface area contributed by atoms with Gasteiger partial charge in [0.25, 0.3) is 5.56 Å². The molecule has 156 valence electrons. The second-order valence-electron chi connectivity index (χ2n) is 8.15. The molecule has 2 aliphatic rings. The molecule has 5 rings (SSSR count). The number of carbonyl (C=O) groups excluding carboxylic acids is 1. The Morgan fingerprint density at radius 2 is 1.90 bits per heavy atom. The zero-order valence-corrected chi connectivity index (χ0v) is 18.7. The Morgan fingerprint density at radius 3 is 2.73 bits per heavy atom. The van der Waals surface area contributed by atoms with E-state index >= 15 is 0 Å². The van der Waals surface area contributed by atoms with E-state index in [1.807, 2.05) is 31.2 Å². The molecule has 1 aliphatic heterocycles. The van der Waals surface area contributed by atoms with Crippen LogP contribution in [-0.4, -0.2) is 27.3 Å². The van der Waals surface area contributed by atoms with Gasteiger partial charge in [-0.25, -0.2) is 4.98 Å². The van der Waals surface area contributed by atoms with Crippen molar-refractivity contribution >= 4 is 39.2 Å². The number of carbonyl (C=O) groups is 1. The zero-order chi connectivity index (χ0) is 20.7. The van der Waals surface area contributed by atoms with E-state index in [0.29, 0.717) is 5.16 Å². The topological polar surface area (TPSA) is 64.0 Å². The van der Waals surface area contributed by atoms with E-state index in [4.69, 9.17) is 4.98 Å². The number of thioether (sulfide) groups is 1. The van der Waals surface area contributed by atoms with Crippen molar-refractivity contribution in [2.24, 2.45) is 0 Å². The van der Waals surface area contributed by atoms with Crippen LogP contribution in [0.15, 0.2) is 34.2 Å². The Balaban J connectivity index is 1.69. The number of nitrogens with zero attached hydrogens (tertiary/aromatic N) is 2. The summed E-state index contributed by atoms with van der Waals surface area (Å²) < 4.78 is 1.73. The molecule has 7 heteroatoms. The first-order valence-electron chi connectivity index (χ1n) is 10.7. The number of hydrogen-bond acceptors (Lipinski definition) is 5. The molecular formula is C23H25N3O2S2. The largest absolute Gasteiger partial charge is 0.355 e. The Hall–Kier alpha value is -2.12. The summed E-state index contributed by atoms with van der Waals surface area (Å²) in [6.45, 7) is 2.76. The highest BCUT2D eigenvalue weighted by molar-refractivity contribution is 8.00. The lowest BCUT2D eigenvalue weighted by molar-refractivity contribution is -0.120. The van der Waals surface area contributed by atoms with E-state index in [1.165, 1.54) is 28.6 Å². The molecule has 1 amide bonds. The molecule has 0 bridgehead atoms. The van der Waals surface area contributed by atoms with E-state index in [9.17, 15) is 9.59 Å². The van der Waals surface area contributed by atoms with Crippen LogP contribution in [-0.2, 0) is 17.6 Å². The zero-order valence-electron chi connectivity index (χ0n) is 17.1. The SMILES string of the molecule is Cc1ccc(-n2c(SC3CCCCNC3=O)nc3sc4c(c3c2=O)CCCC4)cc1. The Kier molecular flexibility index (Phi) is 5.41. The number of aromatic nitrogens is 2. The van der Waals surface area contributed by atoms with Gasteiger partial charge < -0.3 is 5.32 Å². The second-order valence-corrected chi connectivity index (χ2v) is 10.4. The molecular weight excluding hydrogens is 414 g/mol. The van der Waals surface area contributed by atoms with Crippen LogP contribution in [0.5, 0.6) is 0 Å². The van der Waals surface area contributed by atoms with Crippen molar-refractivity contribution in [1.29, 1.82) is 0 Å². The van der Waals surface area contributed by atoms with E-state index in [0.717, 1.165) is 66.5 Å². The van der Waals surface area contributed by atoms with E-state index in [1.54, 1.807) is 15.9 Å². The normalized spacial score (nSPS) is 19.4. The average Bonchev–Trinajstić information content (AvgIpc) is 3.00. The van der Waals surface area contributed by atoms with Crippen LogP contribution < -0.4 is 10.9 Å². The number of thiophene rings is 1. The first kappa shape index (κ1) is 19.8. The molecule has 0 saturated carbocycles. The molecule has 3 aromatic rings. The van der Waals surface area contributed by atoms with Crippen LogP contribution in [0.1, 0.15) is 48.1 Å². The number of fused-ring (bicyclic) bond motifs is 3. The third kappa shape index (κ3) is 3.58. The Morgan fingerprint density at radius 1 is 1.10 bits per heavy atom. The van der Waals surface area contributed by atoms with Gasteiger partial charge in [-0.15, -0.1) is 11.3 Å². The summed E-state index contributed by atoms with van der Waals surface area (Å²) in [7, 11) is 0. The Bertz CT molecular complexity index is 1160. The van der Waals surface area contributed by atoms with Crippen LogP contribution in [0.3, 0.4) is 0 Å². The Labute approximate surface area is 183 Å². The van der Waals surface area contributed by atoms with Crippen LogP contribution in [0.4, 0.5) is 0 Å². The molecule has 0 radical (unpaired) electrons. The first-order valence-corrected chi connectivity index (χ1v) is 12.4. The van der Waals surface area contributed by atoms with Gasteiger partial charge in [-0.2, -0.15) is 0 Å². The minimum atomic E-state index is -0.219. The lowest BCUT2D eigenvalue weighted by Gasteiger charge is -2.17. The number of aryl methyl sites for hydroxylation is 3. The van der Waals surface area contributed by atoms with Crippen LogP contribution in [0.25, 0.3) is 15.9 Å². The van der Waals surface area contributed by atoms with Gasteiger partial charge in [0.1, 0.15) is 4.83 Å². The van der Waals surface area contributed by atoms with Crippen molar-refractivity contribution in [2.75, 3.05) is 6.54 Å². The number of benzene rings is 1. The minimum absolute atomic E-state index is 0.000201. The van der Waals surface area contributed by atoms with Gasteiger partial charge in [0.2, 0.25) is 5.91 Å². The van der Waals surface area contributed by atoms with Gasteiger partial charge in [-0.3, -0.25) is 14.2 Å². The van der Waals surface area contributed by atoms with Crippen molar-refractivity contribution in [2.45, 2.75) is 62.3 Å². The molecule has 0 spiro atoms. The predicted octanol–water partition coefficient (Wildman–Crippen LogP) is 4.40. The highest BCUT2D eigenvalue weighted by Gasteiger charge is 2.27. The summed E-state index contributed by atoms with van der Waals surface area (Å²) in [5, 5.41) is 4.19. The minimum Gasteiger partial charge on any atom is -0.355 e. The van der Waals surface area contributed by atoms with Gasteiger partial charge in [0.15, 0.2) is 5.16 Å². The van der Waals surface area contributed by atoms with Gasteiger partial charge >= 0.3 is 0 Å². The third-order valence-corrected chi connectivity index (χ3v) is 8.39. The number of hydrogen-bond donors (Lipinski definition) is 1. The van der Waals surface area contributed by atoms with Gasteiger partial charge in [0.05, 0.1) is 16.3 Å². The molecule has 2 aromatic heterocycles. The summed E-state index contributed by atoms with van der Waals surface area (Å²) in [6, 6.07) is 7.98. The standard InChI is InChI=1S/C23H25N3O2S2/c1-14-9-11-15(12-10-14)26-22(28)19-16-6-2-3-7-17(16)29-21(19)25-23(26)30-18-8-4-5-13-24-20(18)27/h9-12,18H,2-8,13H2,1H3,(H,24,27). The highest BCUT2D eigenvalue weighted by Crippen LogP contribution is 2.36. The van der Waals surface area contributed by atoms with E-state index < -0.39 is 0 Å². The van der Waals surface area contributed by atoms with Crippen molar-refractivity contribution in [1.82, 2.24) is 14.9 Å². The molecule has 1 fully saturated rings. The fourth-order valence-electron chi connectivity index (χ4n) is 4.34. The van der Waals surface area contributed by atoms with Crippen molar-refractivity contribution in [3.8, 4) is 5.69 Å². The molecule has 1 saturated heterocycles. The molecule has 1 unspecified atom stereocenters. The molecule has 1 aliphatic carbocycles. The molecule has 3 heterocycles. The average molecular weight is 440 g/mol. The van der Waals surface area contributed by atoms with Crippen molar-refractivity contribution < 1.29 is 4.79 Å². The fraction of sp³-hybridized carbons (Fsp3) is 0.435. The maximum Gasteiger partial charge on any atom is 0.267 e. The molecule has 1 aromatic carbocycles. The maximum absolute atomic E-state index is 13.8. The summed E-state index contributed by atoms with van der Waals surface area (Å²) in [4.78, 5) is 33.4. The highest BCUT2D eigenvalue weighted by atomic mass is 32.2. The van der Waals surface area contributed by atoms with Crippen LogP contribution >= 0.6 is 23.1 Å². The quantitative estimate of drug-likeness (QED) is 0.615. The number of amides is 1. The van der Waals surface area contributed by atoms with E-state index in [2.05, 4.69) is 5.32 Å². The van der Waals surface area contributed by atoms with Gasteiger partial charge in [-0.1, -0.05) is 35.9 Å². The first-order chi connectivity index (χ1) is 14.6. The smallest absolute Gasteiger partial charge is 0.267 e. The lowest BCUT2D eigenvalue weighted by Crippen LogP contribution is -2.31. The summed E-state index contributed by atoms with van der Waals surface area (Å²) in [5.41, 5.74) is 3.15. The van der Waals surface area contributed by atoms with Crippen molar-refractivity contribution in [3.05, 3.63) is 50.6 Å². The summed E-state index contributed by atoms with van der Waals surface area (Å²) in [5.74, 6) is 0.0489. The summed E-state index contributed by atoms with van der Waals surface area (Å²) >= 11 is 3.10. The number of rotatable bonds is 3. The maximum atomic E-state index is 13.8. The monoisotopic (exact) mass is 439 g/mol. The molecule has 1 N–H and O–H groups in total. The second kappa shape index (κ2) is 8.19. The van der Waals surface area contributed by atoms with Gasteiger partial charge in [-0.05, 0) is 63.1 Å². The third-order valence-electron chi connectivity index (χ3n) is 5.98. The van der Waals surface area contributed by atoms with Crippen LogP contribution in [0, 0.1) is 6.92 Å². The van der Waals surface area contributed by atoms with Crippen LogP contribution in [0.2, 0.25) is 0 Å². The lowest BCUT2D eigenvalue weighted by atomic mass is 9.97. The fourth-order valence-corrected chi connectivity index (χ4v) is 6.81. The summed E-state index contributed by atoms with van der Waals surface area (Å²) in [6.07, 6.45) is 7.10. The molecule has 5 nitrogen and oxygen atoms in total. The molecule has 30 heavy (non-hydrogen) atoms. The van der Waals surface area contributed by atoms with Gasteiger partial charge in [0, 0.05) is 11.4 Å². The van der Waals surface area contributed by atoms with Crippen molar-refractivity contribution in [3.63, 3.8) is 0 Å². The predicted molar refractivity (Wildman–Crippen MR) is 123 cm³/mol. The number of nitrogens with one attached hydrogen (secondary N) is 1. The van der Waals surface area contributed by atoms with E-state index in [-0.39, 0.29) is 16.7 Å².